The fraction of sp³-hybridized carbons (Fsp3) is 0.182. The summed E-state index contributed by atoms with van der Waals surface area (Å²) in [7, 11) is 0. The first-order chi connectivity index (χ1) is 8.24. The number of nitrogens with zero attached hydrogens (tertiary/aromatic N) is 3. The van der Waals surface area contributed by atoms with E-state index in [4.69, 9.17) is 5.73 Å². The third kappa shape index (κ3) is 1.63. The average Bonchev–Trinajstić information content (AvgIpc) is 2.81. The molecule has 2 heterocycles. The Labute approximate surface area is 97.5 Å². The molecule has 0 aliphatic carbocycles. The van der Waals surface area contributed by atoms with Crippen molar-refractivity contribution in [2.24, 2.45) is 0 Å². The molecule has 0 bridgehead atoms. The van der Waals surface area contributed by atoms with Gasteiger partial charge in [-0.15, -0.1) is 0 Å². The highest BCUT2D eigenvalue weighted by Gasteiger charge is 2.17. The number of rotatable bonds is 1. The van der Waals surface area contributed by atoms with E-state index in [-0.39, 0.29) is 5.91 Å². The Morgan fingerprint density at radius 2 is 2.24 bits per heavy atom. The van der Waals surface area contributed by atoms with E-state index in [1.807, 2.05) is 6.07 Å². The van der Waals surface area contributed by atoms with Crippen LogP contribution < -0.4 is 11.1 Å². The van der Waals surface area contributed by atoms with Gasteiger partial charge in [0, 0.05) is 12.1 Å². The predicted molar refractivity (Wildman–Crippen MR) is 62.7 cm³/mol. The van der Waals surface area contributed by atoms with Crippen LogP contribution in [-0.4, -0.2) is 20.7 Å². The van der Waals surface area contributed by atoms with Gasteiger partial charge in [0.15, 0.2) is 0 Å². The van der Waals surface area contributed by atoms with Crippen LogP contribution in [0, 0.1) is 0 Å². The van der Waals surface area contributed by atoms with Crippen LogP contribution in [0.5, 0.6) is 0 Å². The van der Waals surface area contributed by atoms with E-state index in [9.17, 15) is 4.79 Å². The quantitative estimate of drug-likeness (QED) is 0.706. The Balaban J connectivity index is 2.11. The first-order valence-electron chi connectivity index (χ1n) is 5.31. The zero-order chi connectivity index (χ0) is 11.8. The third-order valence-electron chi connectivity index (χ3n) is 2.81. The first-order valence-corrected chi connectivity index (χ1v) is 5.31. The molecule has 17 heavy (non-hydrogen) atoms. The number of hydrogen-bond donors (Lipinski definition) is 2. The highest BCUT2D eigenvalue weighted by Crippen LogP contribution is 2.29. The molecule has 1 amide bonds. The molecule has 1 aliphatic heterocycles. The molecule has 0 saturated heterocycles. The number of nitrogens with one attached hydrogen (secondary N) is 1. The maximum Gasteiger partial charge on any atom is 0.224 e. The topological polar surface area (TPSA) is 85.8 Å². The Morgan fingerprint density at radius 3 is 3.00 bits per heavy atom. The van der Waals surface area contributed by atoms with Gasteiger partial charge in [-0.1, -0.05) is 0 Å². The fourth-order valence-electron chi connectivity index (χ4n) is 1.96. The van der Waals surface area contributed by atoms with Gasteiger partial charge in [0.1, 0.15) is 12.7 Å². The lowest BCUT2D eigenvalue weighted by atomic mass is 10.0. The molecular formula is C11H11N5O. The lowest BCUT2D eigenvalue weighted by molar-refractivity contribution is -0.116. The van der Waals surface area contributed by atoms with Crippen LogP contribution in [0.25, 0.3) is 5.69 Å². The number of fused-ring (bicyclic) bond motifs is 1. The summed E-state index contributed by atoms with van der Waals surface area (Å²) in [6.45, 7) is 0. The van der Waals surface area contributed by atoms with E-state index in [0.29, 0.717) is 12.1 Å². The Bertz CT molecular complexity index is 576. The van der Waals surface area contributed by atoms with Crippen molar-refractivity contribution in [3.05, 3.63) is 30.4 Å². The maximum absolute atomic E-state index is 11.3. The molecule has 3 rings (SSSR count). The van der Waals surface area contributed by atoms with Gasteiger partial charge in [0.05, 0.1) is 11.4 Å². The second kappa shape index (κ2) is 3.58. The molecule has 2 aromatic rings. The largest absolute Gasteiger partial charge is 0.397 e. The Morgan fingerprint density at radius 1 is 1.35 bits per heavy atom. The number of nitrogen functional groups attached to an aromatic ring is 1. The minimum Gasteiger partial charge on any atom is -0.397 e. The van der Waals surface area contributed by atoms with E-state index in [1.165, 1.54) is 6.33 Å². The zero-order valence-electron chi connectivity index (χ0n) is 9.05. The average molecular weight is 229 g/mol. The number of nitrogens with two attached hydrogens (primary N) is 1. The van der Waals surface area contributed by atoms with Crippen molar-refractivity contribution in [2.75, 3.05) is 11.1 Å². The van der Waals surface area contributed by atoms with Crippen LogP contribution in [0.3, 0.4) is 0 Å². The Hall–Kier alpha value is -2.37. The molecular weight excluding hydrogens is 218 g/mol. The molecule has 0 saturated carbocycles. The van der Waals surface area contributed by atoms with E-state index >= 15 is 0 Å². The number of aryl methyl sites for hydroxylation is 1. The number of carbonyl (C=O) groups excluding carboxylic acids is 1. The third-order valence-corrected chi connectivity index (χ3v) is 2.81. The van der Waals surface area contributed by atoms with Crippen LogP contribution in [0.4, 0.5) is 11.4 Å². The summed E-state index contributed by atoms with van der Waals surface area (Å²) < 4.78 is 1.62. The standard InChI is InChI=1S/C11H11N5O/c12-8-4-9-7(1-2-11(17)15-9)3-10(8)16-6-13-5-14-16/h3-6H,1-2,12H2,(H,15,17). The molecule has 1 aromatic carbocycles. The van der Waals surface area contributed by atoms with Crippen molar-refractivity contribution >= 4 is 17.3 Å². The van der Waals surface area contributed by atoms with Crippen molar-refractivity contribution in [3.63, 3.8) is 0 Å². The summed E-state index contributed by atoms with van der Waals surface area (Å²) in [5, 5.41) is 6.86. The van der Waals surface area contributed by atoms with Gasteiger partial charge in [-0.2, -0.15) is 5.10 Å². The lowest BCUT2D eigenvalue weighted by Crippen LogP contribution is -2.19. The van der Waals surface area contributed by atoms with Crippen LogP contribution in [0.15, 0.2) is 24.8 Å². The summed E-state index contributed by atoms with van der Waals surface area (Å²) >= 11 is 0. The minimum absolute atomic E-state index is 0.0328. The van der Waals surface area contributed by atoms with E-state index in [0.717, 1.165) is 23.4 Å². The molecule has 1 aromatic heterocycles. The number of hydrogen-bond acceptors (Lipinski definition) is 4. The number of carbonyl (C=O) groups is 1. The molecule has 0 fully saturated rings. The van der Waals surface area contributed by atoms with Crippen molar-refractivity contribution < 1.29 is 4.79 Å². The SMILES string of the molecule is Nc1cc2c(cc1-n1cncn1)CCC(=O)N2. The van der Waals surface area contributed by atoms with Gasteiger partial charge >= 0.3 is 0 Å². The van der Waals surface area contributed by atoms with Gasteiger partial charge in [-0.25, -0.2) is 9.67 Å². The van der Waals surface area contributed by atoms with Crippen molar-refractivity contribution in [2.45, 2.75) is 12.8 Å². The molecule has 1 aliphatic rings. The summed E-state index contributed by atoms with van der Waals surface area (Å²) in [5.74, 6) is 0.0328. The van der Waals surface area contributed by atoms with E-state index < -0.39 is 0 Å². The molecule has 3 N–H and O–H groups in total. The number of aromatic nitrogens is 3. The summed E-state index contributed by atoms with van der Waals surface area (Å²) in [4.78, 5) is 15.2. The van der Waals surface area contributed by atoms with Crippen molar-refractivity contribution in [1.82, 2.24) is 14.8 Å². The predicted octanol–water partition coefficient (Wildman–Crippen LogP) is 0.734. The van der Waals surface area contributed by atoms with Gasteiger partial charge in [0.2, 0.25) is 5.91 Å². The zero-order valence-corrected chi connectivity index (χ0v) is 9.05. The lowest BCUT2D eigenvalue weighted by Gasteiger charge is -2.18. The second-order valence-corrected chi connectivity index (χ2v) is 3.96. The van der Waals surface area contributed by atoms with E-state index in [1.54, 1.807) is 17.1 Å². The van der Waals surface area contributed by atoms with Crippen LogP contribution in [0.2, 0.25) is 0 Å². The van der Waals surface area contributed by atoms with Gasteiger partial charge in [-0.3, -0.25) is 4.79 Å². The molecule has 0 atom stereocenters. The Kier molecular flexibility index (Phi) is 2.07. The molecule has 0 spiro atoms. The number of benzene rings is 1. The first kappa shape index (κ1) is 9.83. The van der Waals surface area contributed by atoms with Crippen molar-refractivity contribution in [3.8, 4) is 5.69 Å². The molecule has 6 heteroatoms. The highest BCUT2D eigenvalue weighted by atomic mass is 16.1. The summed E-state index contributed by atoms with van der Waals surface area (Å²) in [6.07, 6.45) is 4.29. The number of anilines is 2. The van der Waals surface area contributed by atoms with Gasteiger partial charge in [-0.05, 0) is 24.1 Å². The highest BCUT2D eigenvalue weighted by molar-refractivity contribution is 5.95. The van der Waals surface area contributed by atoms with Crippen molar-refractivity contribution in [1.29, 1.82) is 0 Å². The van der Waals surface area contributed by atoms with Gasteiger partial charge in [0.25, 0.3) is 0 Å². The smallest absolute Gasteiger partial charge is 0.224 e. The van der Waals surface area contributed by atoms with Crippen LogP contribution in [0.1, 0.15) is 12.0 Å². The monoisotopic (exact) mass is 229 g/mol. The fourth-order valence-corrected chi connectivity index (χ4v) is 1.96. The molecule has 86 valence electrons. The number of amides is 1. The second-order valence-electron chi connectivity index (χ2n) is 3.96. The van der Waals surface area contributed by atoms with Crippen LogP contribution >= 0.6 is 0 Å². The summed E-state index contributed by atoms with van der Waals surface area (Å²) in [5.41, 5.74) is 9.16. The molecule has 0 unspecified atom stereocenters. The minimum atomic E-state index is 0.0328. The molecule has 0 radical (unpaired) electrons. The van der Waals surface area contributed by atoms with Crippen LogP contribution in [-0.2, 0) is 11.2 Å². The van der Waals surface area contributed by atoms with Gasteiger partial charge < -0.3 is 11.1 Å². The normalized spacial score (nSPS) is 14.2. The summed E-state index contributed by atoms with van der Waals surface area (Å²) in [6, 6.07) is 3.71. The maximum atomic E-state index is 11.3. The van der Waals surface area contributed by atoms with E-state index in [2.05, 4.69) is 15.4 Å². The molecule has 6 nitrogen and oxygen atoms in total.